The van der Waals surface area contributed by atoms with Crippen LogP contribution >= 0.6 is 0 Å². The van der Waals surface area contributed by atoms with Crippen LogP contribution in [-0.2, 0) is 16.1 Å². The lowest BCUT2D eigenvalue weighted by Crippen LogP contribution is -2.36. The average Bonchev–Trinajstić information content (AvgIpc) is 3.23. The Kier molecular flexibility index (Phi) is 6.59. The molecule has 1 fully saturated rings. The summed E-state index contributed by atoms with van der Waals surface area (Å²) in [5, 5.41) is 2.91. The molecule has 0 unspecified atom stereocenters. The molecule has 0 radical (unpaired) electrons. The van der Waals surface area contributed by atoms with Gasteiger partial charge in [-0.3, -0.25) is 9.69 Å². The van der Waals surface area contributed by atoms with E-state index in [1.807, 2.05) is 36.2 Å². The molecule has 0 bridgehead atoms. The first kappa shape index (κ1) is 21.0. The Morgan fingerprint density at radius 2 is 1.84 bits per heavy atom. The van der Waals surface area contributed by atoms with Crippen molar-refractivity contribution in [1.29, 1.82) is 0 Å². The molecule has 31 heavy (non-hydrogen) atoms. The summed E-state index contributed by atoms with van der Waals surface area (Å²) in [6.45, 7) is 3.80. The van der Waals surface area contributed by atoms with E-state index in [2.05, 4.69) is 15.2 Å². The molecule has 1 aromatic heterocycles. The molecule has 8 heteroatoms. The van der Waals surface area contributed by atoms with Gasteiger partial charge in [0.1, 0.15) is 5.82 Å². The Morgan fingerprint density at radius 1 is 1.13 bits per heavy atom. The van der Waals surface area contributed by atoms with Gasteiger partial charge in [-0.05, 0) is 55.6 Å². The van der Waals surface area contributed by atoms with Gasteiger partial charge >= 0.3 is 0 Å². The lowest BCUT2D eigenvalue weighted by atomic mass is 10.2. The topological polar surface area (TPSA) is 70.8 Å². The number of carbonyl (C=O) groups is 1. The fourth-order valence-electron chi connectivity index (χ4n) is 3.44. The van der Waals surface area contributed by atoms with Crippen LogP contribution in [0, 0.1) is 5.82 Å². The highest BCUT2D eigenvalue weighted by Crippen LogP contribution is 2.21. The van der Waals surface area contributed by atoms with E-state index in [1.165, 1.54) is 12.1 Å². The molecular formula is C23H25FN4O3. The molecule has 0 saturated carbocycles. The van der Waals surface area contributed by atoms with E-state index < -0.39 is 0 Å². The summed E-state index contributed by atoms with van der Waals surface area (Å²) in [5.74, 6) is 0.634. The number of hydrogen-bond acceptors (Lipinski definition) is 6. The van der Waals surface area contributed by atoms with Crippen molar-refractivity contribution in [1.82, 2.24) is 9.88 Å². The number of amides is 1. The van der Waals surface area contributed by atoms with Crippen molar-refractivity contribution >= 4 is 17.3 Å². The highest BCUT2D eigenvalue weighted by Gasteiger charge is 2.13. The maximum absolute atomic E-state index is 13.1. The molecule has 3 aromatic rings. The number of nitrogens with zero attached hydrogens (tertiary/aromatic N) is 3. The Labute approximate surface area is 180 Å². The second-order valence-corrected chi connectivity index (χ2v) is 7.49. The fourth-order valence-corrected chi connectivity index (χ4v) is 3.44. The highest BCUT2D eigenvalue weighted by atomic mass is 19.1. The maximum atomic E-state index is 13.1. The lowest BCUT2D eigenvalue weighted by Gasteiger charge is -2.28. The zero-order chi connectivity index (χ0) is 21.6. The average molecular weight is 424 g/mol. The second kappa shape index (κ2) is 9.72. The Hall–Kier alpha value is -3.23. The van der Waals surface area contributed by atoms with Gasteiger partial charge in [-0.2, -0.15) is 0 Å². The highest BCUT2D eigenvalue weighted by molar-refractivity contribution is 5.92. The van der Waals surface area contributed by atoms with E-state index >= 15 is 0 Å². The van der Waals surface area contributed by atoms with Gasteiger partial charge in [0, 0.05) is 30.0 Å². The van der Waals surface area contributed by atoms with Crippen LogP contribution in [0.1, 0.15) is 5.89 Å². The van der Waals surface area contributed by atoms with Crippen LogP contribution in [0.15, 0.2) is 59.1 Å². The molecule has 1 saturated heterocycles. The third kappa shape index (κ3) is 5.68. The molecule has 0 atom stereocenters. The Morgan fingerprint density at radius 3 is 2.55 bits per heavy atom. The van der Waals surface area contributed by atoms with Crippen LogP contribution in [0.4, 0.5) is 15.8 Å². The number of rotatable bonds is 7. The third-order valence-corrected chi connectivity index (χ3v) is 5.03. The number of morpholine rings is 1. The summed E-state index contributed by atoms with van der Waals surface area (Å²) in [4.78, 5) is 20.7. The van der Waals surface area contributed by atoms with Crippen LogP contribution in [0.25, 0.3) is 11.3 Å². The van der Waals surface area contributed by atoms with Crippen molar-refractivity contribution in [2.75, 3.05) is 50.1 Å². The van der Waals surface area contributed by atoms with Crippen molar-refractivity contribution in [3.05, 3.63) is 66.4 Å². The number of oxazole rings is 1. The number of ether oxygens (including phenoxy) is 1. The van der Waals surface area contributed by atoms with Gasteiger partial charge in [0.15, 0.2) is 5.76 Å². The fraction of sp³-hybridized carbons (Fsp3) is 0.304. The van der Waals surface area contributed by atoms with Gasteiger partial charge in [-0.25, -0.2) is 9.37 Å². The molecule has 1 N–H and O–H groups in total. The van der Waals surface area contributed by atoms with Gasteiger partial charge in [0.25, 0.3) is 0 Å². The van der Waals surface area contributed by atoms with Crippen molar-refractivity contribution in [3.8, 4) is 11.3 Å². The number of halogens is 1. The minimum Gasteiger partial charge on any atom is -0.439 e. The molecule has 7 nitrogen and oxygen atoms in total. The zero-order valence-electron chi connectivity index (χ0n) is 17.4. The van der Waals surface area contributed by atoms with Crippen LogP contribution in [-0.4, -0.2) is 55.7 Å². The molecule has 4 rings (SSSR count). The third-order valence-electron chi connectivity index (χ3n) is 5.03. The lowest BCUT2D eigenvalue weighted by molar-refractivity contribution is -0.117. The first-order chi connectivity index (χ1) is 15.1. The van der Waals surface area contributed by atoms with Gasteiger partial charge in [-0.15, -0.1) is 0 Å². The van der Waals surface area contributed by atoms with Crippen molar-refractivity contribution in [3.63, 3.8) is 0 Å². The monoisotopic (exact) mass is 424 g/mol. The van der Waals surface area contributed by atoms with E-state index in [-0.39, 0.29) is 18.3 Å². The van der Waals surface area contributed by atoms with E-state index in [9.17, 15) is 9.18 Å². The van der Waals surface area contributed by atoms with Gasteiger partial charge in [0.05, 0.1) is 32.5 Å². The summed E-state index contributed by atoms with van der Waals surface area (Å²) in [5.41, 5.74) is 2.63. The largest absolute Gasteiger partial charge is 0.439 e. The first-order valence-electron chi connectivity index (χ1n) is 10.2. The number of anilines is 2. The summed E-state index contributed by atoms with van der Waals surface area (Å²) >= 11 is 0. The normalized spacial score (nSPS) is 14.1. The number of nitrogens with one attached hydrogen (secondary N) is 1. The summed E-state index contributed by atoms with van der Waals surface area (Å²) in [6.07, 6.45) is 1.60. The van der Waals surface area contributed by atoms with E-state index in [4.69, 9.17) is 9.15 Å². The minimum absolute atomic E-state index is 0.119. The minimum atomic E-state index is -0.301. The van der Waals surface area contributed by atoms with E-state index in [1.54, 1.807) is 18.3 Å². The predicted molar refractivity (Wildman–Crippen MR) is 116 cm³/mol. The number of hydrogen-bond donors (Lipinski definition) is 1. The standard InChI is InChI=1S/C23H25FN4O3/c1-27(16-23-25-14-21(31-23)17-2-4-18(24)5-3-17)15-22(29)26-19-6-8-20(9-7-19)28-10-12-30-13-11-28/h2-9,14H,10-13,15-16H2,1H3,(H,26,29). The molecule has 162 valence electrons. The summed E-state index contributed by atoms with van der Waals surface area (Å²) in [6, 6.07) is 13.9. The molecule has 1 aliphatic heterocycles. The number of carbonyl (C=O) groups excluding carboxylic acids is 1. The Balaban J connectivity index is 1.27. The second-order valence-electron chi connectivity index (χ2n) is 7.49. The Bertz CT molecular complexity index is 998. The molecule has 1 amide bonds. The van der Waals surface area contributed by atoms with Gasteiger partial charge in [-0.1, -0.05) is 0 Å². The van der Waals surface area contributed by atoms with Crippen molar-refractivity contribution < 1.29 is 18.3 Å². The predicted octanol–water partition coefficient (Wildman–Crippen LogP) is 3.39. The maximum Gasteiger partial charge on any atom is 0.238 e. The molecule has 1 aliphatic rings. The SMILES string of the molecule is CN(CC(=O)Nc1ccc(N2CCOCC2)cc1)Cc1ncc(-c2ccc(F)cc2)o1. The summed E-state index contributed by atoms with van der Waals surface area (Å²) in [7, 11) is 1.82. The van der Waals surface area contributed by atoms with E-state index in [0.29, 0.717) is 18.2 Å². The molecule has 2 heterocycles. The van der Waals surface area contributed by atoms with Gasteiger partial charge in [0.2, 0.25) is 11.8 Å². The molecule has 2 aromatic carbocycles. The molecule has 0 spiro atoms. The summed E-state index contributed by atoms with van der Waals surface area (Å²) < 4.78 is 24.2. The van der Waals surface area contributed by atoms with Crippen molar-refractivity contribution in [2.24, 2.45) is 0 Å². The van der Waals surface area contributed by atoms with Crippen LogP contribution < -0.4 is 10.2 Å². The number of likely N-dealkylation sites (N-methyl/N-ethyl adjacent to an activating group) is 1. The van der Waals surface area contributed by atoms with Crippen molar-refractivity contribution in [2.45, 2.75) is 6.54 Å². The first-order valence-corrected chi connectivity index (χ1v) is 10.2. The number of benzene rings is 2. The van der Waals surface area contributed by atoms with Crippen LogP contribution in [0.2, 0.25) is 0 Å². The zero-order valence-corrected chi connectivity index (χ0v) is 17.4. The van der Waals surface area contributed by atoms with Crippen LogP contribution in [0.3, 0.4) is 0 Å². The van der Waals surface area contributed by atoms with Crippen LogP contribution in [0.5, 0.6) is 0 Å². The molecular weight excluding hydrogens is 399 g/mol. The number of aromatic nitrogens is 1. The van der Waals surface area contributed by atoms with Gasteiger partial charge < -0.3 is 19.4 Å². The smallest absolute Gasteiger partial charge is 0.238 e. The van der Waals surface area contributed by atoms with E-state index in [0.717, 1.165) is 43.2 Å². The quantitative estimate of drug-likeness (QED) is 0.627. The molecule has 0 aliphatic carbocycles.